The van der Waals surface area contributed by atoms with Gasteiger partial charge in [-0.1, -0.05) is 25.2 Å². The third-order valence-corrected chi connectivity index (χ3v) is 4.10. The SMILES string of the molecule is CN=C(NCc1ccnc(C)n1)NCc1nnc(C(C)C)s1.I. The number of nitrogens with one attached hydrogen (secondary N) is 2. The quantitative estimate of drug-likeness (QED) is 0.415. The van der Waals surface area contributed by atoms with Gasteiger partial charge < -0.3 is 10.6 Å². The Kier molecular flexibility index (Phi) is 8.31. The normalized spacial score (nSPS) is 11.3. The van der Waals surface area contributed by atoms with E-state index in [1.165, 1.54) is 0 Å². The number of hydrogen-bond acceptors (Lipinski definition) is 6. The number of hydrogen-bond donors (Lipinski definition) is 2. The summed E-state index contributed by atoms with van der Waals surface area (Å²) in [6, 6.07) is 1.88. The summed E-state index contributed by atoms with van der Waals surface area (Å²) < 4.78 is 0. The fourth-order valence-corrected chi connectivity index (χ4v) is 2.51. The smallest absolute Gasteiger partial charge is 0.191 e. The highest BCUT2D eigenvalue weighted by Gasteiger charge is 2.08. The third-order valence-electron chi connectivity index (χ3n) is 2.88. The molecule has 0 aliphatic rings. The maximum Gasteiger partial charge on any atom is 0.191 e. The molecule has 2 N–H and O–H groups in total. The second-order valence-corrected chi connectivity index (χ2v) is 6.16. The van der Waals surface area contributed by atoms with Gasteiger partial charge in [-0.3, -0.25) is 4.99 Å². The van der Waals surface area contributed by atoms with E-state index < -0.39 is 0 Å². The van der Waals surface area contributed by atoms with E-state index in [1.807, 2.05) is 13.0 Å². The van der Waals surface area contributed by atoms with Gasteiger partial charge in [0.1, 0.15) is 15.8 Å². The molecule has 0 bridgehead atoms. The number of halogens is 1. The molecule has 0 fully saturated rings. The molecule has 0 aliphatic carbocycles. The Hall–Kier alpha value is -1.36. The lowest BCUT2D eigenvalue weighted by atomic mass is 10.2. The van der Waals surface area contributed by atoms with Crippen molar-refractivity contribution in [3.63, 3.8) is 0 Å². The summed E-state index contributed by atoms with van der Waals surface area (Å²) in [5.41, 5.74) is 0.924. The predicted molar refractivity (Wildman–Crippen MR) is 103 cm³/mol. The van der Waals surface area contributed by atoms with Crippen LogP contribution < -0.4 is 10.6 Å². The topological polar surface area (TPSA) is 88.0 Å². The van der Waals surface area contributed by atoms with Gasteiger partial charge in [0.05, 0.1) is 18.8 Å². The number of aryl methyl sites for hydroxylation is 1. The molecule has 7 nitrogen and oxygen atoms in total. The van der Waals surface area contributed by atoms with Gasteiger partial charge in [-0.2, -0.15) is 0 Å². The molecule has 0 radical (unpaired) electrons. The van der Waals surface area contributed by atoms with Crippen molar-refractivity contribution in [1.82, 2.24) is 30.8 Å². The van der Waals surface area contributed by atoms with Crippen LogP contribution in [0.1, 0.15) is 41.3 Å². The zero-order valence-electron chi connectivity index (χ0n) is 13.7. The van der Waals surface area contributed by atoms with Crippen molar-refractivity contribution in [2.75, 3.05) is 7.05 Å². The van der Waals surface area contributed by atoms with E-state index in [-0.39, 0.29) is 24.0 Å². The van der Waals surface area contributed by atoms with E-state index in [0.717, 1.165) is 21.5 Å². The van der Waals surface area contributed by atoms with Crippen LogP contribution in [0.25, 0.3) is 0 Å². The van der Waals surface area contributed by atoms with Crippen LogP contribution in [0.2, 0.25) is 0 Å². The summed E-state index contributed by atoms with van der Waals surface area (Å²) in [6.07, 6.45) is 1.75. The number of aromatic nitrogens is 4. The first-order valence-corrected chi connectivity index (χ1v) is 7.95. The predicted octanol–water partition coefficient (Wildman–Crippen LogP) is 2.24. The molecule has 126 valence electrons. The van der Waals surface area contributed by atoms with E-state index >= 15 is 0 Å². The summed E-state index contributed by atoms with van der Waals surface area (Å²) in [4.78, 5) is 12.6. The van der Waals surface area contributed by atoms with Crippen LogP contribution in [-0.4, -0.2) is 33.2 Å². The Morgan fingerprint density at radius 3 is 2.61 bits per heavy atom. The van der Waals surface area contributed by atoms with Gasteiger partial charge in [0, 0.05) is 19.2 Å². The average Bonchev–Trinajstić information content (AvgIpc) is 2.97. The maximum atomic E-state index is 4.34. The highest BCUT2D eigenvalue weighted by molar-refractivity contribution is 14.0. The van der Waals surface area contributed by atoms with E-state index in [2.05, 4.69) is 49.6 Å². The number of nitrogens with zero attached hydrogens (tertiary/aromatic N) is 5. The van der Waals surface area contributed by atoms with E-state index in [9.17, 15) is 0 Å². The second-order valence-electron chi connectivity index (χ2n) is 5.06. The minimum absolute atomic E-state index is 0. The maximum absolute atomic E-state index is 4.34. The van der Waals surface area contributed by atoms with Crippen LogP contribution in [0.3, 0.4) is 0 Å². The Morgan fingerprint density at radius 2 is 2.00 bits per heavy atom. The molecule has 23 heavy (non-hydrogen) atoms. The summed E-state index contributed by atoms with van der Waals surface area (Å²) in [5.74, 6) is 1.87. The van der Waals surface area contributed by atoms with Crippen molar-refractivity contribution < 1.29 is 0 Å². The van der Waals surface area contributed by atoms with Crippen LogP contribution in [0, 0.1) is 6.92 Å². The van der Waals surface area contributed by atoms with Crippen LogP contribution in [-0.2, 0) is 13.1 Å². The fourth-order valence-electron chi connectivity index (χ4n) is 1.73. The Labute approximate surface area is 157 Å². The molecule has 0 spiro atoms. The van der Waals surface area contributed by atoms with E-state index in [1.54, 1.807) is 24.6 Å². The van der Waals surface area contributed by atoms with Crippen molar-refractivity contribution >= 4 is 41.3 Å². The first-order valence-electron chi connectivity index (χ1n) is 7.13. The molecule has 0 aromatic carbocycles. The van der Waals surface area contributed by atoms with Gasteiger partial charge in [0.15, 0.2) is 5.96 Å². The third kappa shape index (κ3) is 6.34. The van der Waals surface area contributed by atoms with Crippen molar-refractivity contribution in [2.24, 2.45) is 4.99 Å². The molecule has 0 amide bonds. The van der Waals surface area contributed by atoms with Crippen LogP contribution in [0.4, 0.5) is 0 Å². The van der Waals surface area contributed by atoms with Crippen molar-refractivity contribution in [3.05, 3.63) is 33.8 Å². The molecular weight excluding hydrogens is 425 g/mol. The Bertz CT molecular complexity index is 642. The molecule has 2 aromatic heterocycles. The van der Waals surface area contributed by atoms with Gasteiger partial charge in [-0.15, -0.1) is 34.2 Å². The summed E-state index contributed by atoms with van der Waals surface area (Å²) in [7, 11) is 1.74. The van der Waals surface area contributed by atoms with Gasteiger partial charge in [0.2, 0.25) is 0 Å². The lowest BCUT2D eigenvalue weighted by molar-refractivity contribution is 0.771. The first kappa shape index (κ1) is 19.7. The number of guanidine groups is 1. The summed E-state index contributed by atoms with van der Waals surface area (Å²) in [5, 5.41) is 16.8. The molecule has 2 aromatic rings. The monoisotopic (exact) mass is 447 g/mol. The standard InChI is InChI=1S/C14H21N7S.HI/c1-9(2)13-21-20-12(22-13)8-18-14(15-4)17-7-11-5-6-16-10(3)19-11;/h5-6,9H,7-8H2,1-4H3,(H2,15,17,18);1H. The molecule has 0 atom stereocenters. The molecule has 0 saturated carbocycles. The van der Waals surface area contributed by atoms with Crippen molar-refractivity contribution in [2.45, 2.75) is 39.8 Å². The molecule has 2 heterocycles. The van der Waals surface area contributed by atoms with Crippen LogP contribution in [0.15, 0.2) is 17.3 Å². The van der Waals surface area contributed by atoms with Gasteiger partial charge in [-0.25, -0.2) is 9.97 Å². The van der Waals surface area contributed by atoms with Crippen molar-refractivity contribution in [1.29, 1.82) is 0 Å². The Balaban J connectivity index is 0.00000264. The largest absolute Gasteiger partial charge is 0.351 e. The van der Waals surface area contributed by atoms with Crippen LogP contribution >= 0.6 is 35.3 Å². The second kappa shape index (κ2) is 9.71. The lowest BCUT2D eigenvalue weighted by Gasteiger charge is -2.10. The number of rotatable bonds is 5. The molecule has 0 aliphatic heterocycles. The van der Waals surface area contributed by atoms with Crippen molar-refractivity contribution in [3.8, 4) is 0 Å². The summed E-state index contributed by atoms with van der Waals surface area (Å²) in [6.45, 7) is 7.30. The van der Waals surface area contributed by atoms with Crippen LogP contribution in [0.5, 0.6) is 0 Å². The van der Waals surface area contributed by atoms with Gasteiger partial charge in [-0.05, 0) is 13.0 Å². The highest BCUT2D eigenvalue weighted by Crippen LogP contribution is 2.18. The molecule has 0 unspecified atom stereocenters. The molecule has 9 heteroatoms. The summed E-state index contributed by atoms with van der Waals surface area (Å²) >= 11 is 1.62. The molecule has 0 saturated heterocycles. The minimum Gasteiger partial charge on any atom is -0.351 e. The van der Waals surface area contributed by atoms with E-state index in [4.69, 9.17) is 0 Å². The first-order chi connectivity index (χ1) is 10.6. The lowest BCUT2D eigenvalue weighted by Crippen LogP contribution is -2.36. The highest BCUT2D eigenvalue weighted by atomic mass is 127. The number of aliphatic imine (C=N–C) groups is 1. The van der Waals surface area contributed by atoms with E-state index in [0.29, 0.717) is 25.0 Å². The minimum atomic E-state index is 0. The fraction of sp³-hybridized carbons (Fsp3) is 0.500. The molecule has 2 rings (SSSR count). The average molecular weight is 447 g/mol. The van der Waals surface area contributed by atoms with Gasteiger partial charge >= 0.3 is 0 Å². The Morgan fingerprint density at radius 1 is 1.26 bits per heavy atom. The van der Waals surface area contributed by atoms with Gasteiger partial charge in [0.25, 0.3) is 0 Å². The zero-order chi connectivity index (χ0) is 15.9. The zero-order valence-corrected chi connectivity index (χ0v) is 16.8. The molecular formula is C14H22IN7S.